The number of hydrogen-bond donors (Lipinski definition) is 1. The molecule has 1 N–H and O–H groups in total. The molecular formula is C19H30N2O2. The number of aliphatic hydroxyl groups excluding tert-OH is 1. The first kappa shape index (κ1) is 18.0. The maximum absolute atomic E-state index is 12.5. The third-order valence-electron chi connectivity index (χ3n) is 4.66. The van der Waals surface area contributed by atoms with Gasteiger partial charge in [-0.3, -0.25) is 9.69 Å². The lowest BCUT2D eigenvalue weighted by molar-refractivity contribution is -0.132. The van der Waals surface area contributed by atoms with E-state index in [-0.39, 0.29) is 5.91 Å². The van der Waals surface area contributed by atoms with E-state index < -0.39 is 6.10 Å². The summed E-state index contributed by atoms with van der Waals surface area (Å²) in [5.41, 5.74) is 2.10. The lowest BCUT2D eigenvalue weighted by atomic mass is 10.1. The molecule has 1 unspecified atom stereocenters. The van der Waals surface area contributed by atoms with Crippen molar-refractivity contribution < 1.29 is 9.90 Å². The molecule has 1 aromatic carbocycles. The number of aryl methyl sites for hydroxylation is 1. The first-order valence-electron chi connectivity index (χ1n) is 8.85. The van der Waals surface area contributed by atoms with Crippen LogP contribution in [0.15, 0.2) is 24.3 Å². The van der Waals surface area contributed by atoms with Gasteiger partial charge in [-0.1, -0.05) is 49.6 Å². The van der Waals surface area contributed by atoms with Gasteiger partial charge in [0.2, 0.25) is 5.91 Å². The zero-order valence-corrected chi connectivity index (χ0v) is 14.5. The van der Waals surface area contributed by atoms with Gasteiger partial charge in [0.15, 0.2) is 0 Å². The van der Waals surface area contributed by atoms with Crippen molar-refractivity contribution in [3.05, 3.63) is 35.4 Å². The van der Waals surface area contributed by atoms with Gasteiger partial charge in [0.1, 0.15) is 0 Å². The Morgan fingerprint density at radius 2 is 1.78 bits per heavy atom. The molecule has 1 saturated heterocycles. The number of rotatable bonds is 6. The minimum atomic E-state index is -0.549. The van der Waals surface area contributed by atoms with Crippen molar-refractivity contribution in [3.8, 4) is 0 Å². The van der Waals surface area contributed by atoms with Crippen LogP contribution in [-0.4, -0.2) is 53.5 Å². The van der Waals surface area contributed by atoms with E-state index in [1.54, 1.807) is 0 Å². The minimum Gasteiger partial charge on any atom is -0.387 e. The predicted octanol–water partition coefficient (Wildman–Crippen LogP) is 2.75. The van der Waals surface area contributed by atoms with Gasteiger partial charge in [-0.2, -0.15) is 0 Å². The van der Waals surface area contributed by atoms with Crippen molar-refractivity contribution in [1.29, 1.82) is 0 Å². The van der Waals surface area contributed by atoms with Gasteiger partial charge in [-0.25, -0.2) is 0 Å². The van der Waals surface area contributed by atoms with E-state index in [4.69, 9.17) is 0 Å². The monoisotopic (exact) mass is 318 g/mol. The standard InChI is InChI=1S/C19H30N2O2/c1-3-20(14-18(22)17-10-8-16(2)9-11-17)15-19(23)21-12-6-4-5-7-13-21/h8-11,18,22H,3-7,12-15H2,1-2H3. The maximum atomic E-state index is 12.5. The van der Waals surface area contributed by atoms with E-state index in [1.165, 1.54) is 18.4 Å². The SMILES string of the molecule is CCN(CC(=O)N1CCCCCC1)CC(O)c1ccc(C)cc1. The molecule has 1 atom stereocenters. The molecule has 0 bridgehead atoms. The van der Waals surface area contributed by atoms with Crippen LogP contribution in [-0.2, 0) is 4.79 Å². The highest BCUT2D eigenvalue weighted by Gasteiger charge is 2.20. The largest absolute Gasteiger partial charge is 0.387 e. The Hall–Kier alpha value is -1.39. The molecular weight excluding hydrogens is 288 g/mol. The number of aliphatic hydroxyl groups is 1. The second kappa shape index (κ2) is 9.04. The Bertz CT molecular complexity index is 479. The van der Waals surface area contributed by atoms with Crippen LogP contribution in [0.1, 0.15) is 49.8 Å². The van der Waals surface area contributed by atoms with Crippen molar-refractivity contribution in [2.75, 3.05) is 32.7 Å². The van der Waals surface area contributed by atoms with Crippen LogP contribution in [0.5, 0.6) is 0 Å². The van der Waals surface area contributed by atoms with Crippen molar-refractivity contribution in [2.24, 2.45) is 0 Å². The highest BCUT2D eigenvalue weighted by Crippen LogP contribution is 2.16. The zero-order valence-electron chi connectivity index (χ0n) is 14.5. The fourth-order valence-corrected chi connectivity index (χ4v) is 3.06. The van der Waals surface area contributed by atoms with Crippen LogP contribution in [0.3, 0.4) is 0 Å². The molecule has 128 valence electrons. The lowest BCUT2D eigenvalue weighted by Crippen LogP contribution is -2.42. The molecule has 23 heavy (non-hydrogen) atoms. The number of likely N-dealkylation sites (tertiary alicyclic amines) is 1. The molecule has 1 amide bonds. The number of amides is 1. The molecule has 0 spiro atoms. The average molecular weight is 318 g/mol. The van der Waals surface area contributed by atoms with E-state index in [2.05, 4.69) is 0 Å². The molecule has 1 aliphatic heterocycles. The third-order valence-corrected chi connectivity index (χ3v) is 4.66. The topological polar surface area (TPSA) is 43.8 Å². The number of carbonyl (C=O) groups excluding carboxylic acids is 1. The molecule has 0 aliphatic carbocycles. The Balaban J connectivity index is 1.88. The van der Waals surface area contributed by atoms with Gasteiger partial charge >= 0.3 is 0 Å². The van der Waals surface area contributed by atoms with Crippen molar-refractivity contribution in [2.45, 2.75) is 45.6 Å². The molecule has 4 nitrogen and oxygen atoms in total. The third kappa shape index (κ3) is 5.63. The van der Waals surface area contributed by atoms with Crippen molar-refractivity contribution >= 4 is 5.91 Å². The van der Waals surface area contributed by atoms with E-state index in [9.17, 15) is 9.90 Å². The Kier molecular flexibility index (Phi) is 7.06. The normalized spacial score (nSPS) is 17.1. The van der Waals surface area contributed by atoms with Crippen LogP contribution >= 0.6 is 0 Å². The number of benzene rings is 1. The van der Waals surface area contributed by atoms with Crippen LogP contribution in [0.2, 0.25) is 0 Å². The molecule has 4 heteroatoms. The highest BCUT2D eigenvalue weighted by molar-refractivity contribution is 5.78. The summed E-state index contributed by atoms with van der Waals surface area (Å²) < 4.78 is 0. The molecule has 1 heterocycles. The van der Waals surface area contributed by atoms with E-state index >= 15 is 0 Å². The minimum absolute atomic E-state index is 0.199. The van der Waals surface area contributed by atoms with Gasteiger partial charge in [0.25, 0.3) is 0 Å². The molecule has 1 fully saturated rings. The summed E-state index contributed by atoms with van der Waals surface area (Å²) in [5, 5.41) is 10.4. The summed E-state index contributed by atoms with van der Waals surface area (Å²) in [6.07, 6.45) is 4.14. The number of nitrogens with zero attached hydrogens (tertiary/aromatic N) is 2. The molecule has 1 aromatic rings. The van der Waals surface area contributed by atoms with E-state index in [1.807, 2.05) is 47.9 Å². The number of hydrogen-bond acceptors (Lipinski definition) is 3. The molecule has 1 aliphatic rings. The Morgan fingerprint density at radius 1 is 1.17 bits per heavy atom. The fraction of sp³-hybridized carbons (Fsp3) is 0.632. The lowest BCUT2D eigenvalue weighted by Gasteiger charge is -2.27. The fourth-order valence-electron chi connectivity index (χ4n) is 3.06. The smallest absolute Gasteiger partial charge is 0.236 e. The molecule has 0 aromatic heterocycles. The molecule has 0 saturated carbocycles. The van der Waals surface area contributed by atoms with Crippen molar-refractivity contribution in [1.82, 2.24) is 9.80 Å². The molecule has 2 rings (SSSR count). The summed E-state index contributed by atoms with van der Waals surface area (Å²) in [7, 11) is 0. The second-order valence-corrected chi connectivity index (χ2v) is 6.55. The van der Waals surface area contributed by atoms with Crippen LogP contribution in [0, 0.1) is 6.92 Å². The first-order valence-corrected chi connectivity index (χ1v) is 8.85. The van der Waals surface area contributed by atoms with E-state index in [0.29, 0.717) is 13.1 Å². The number of carbonyl (C=O) groups is 1. The maximum Gasteiger partial charge on any atom is 0.236 e. The summed E-state index contributed by atoms with van der Waals surface area (Å²) >= 11 is 0. The van der Waals surface area contributed by atoms with Gasteiger partial charge < -0.3 is 10.0 Å². The van der Waals surface area contributed by atoms with Crippen LogP contribution < -0.4 is 0 Å². The number of likely N-dealkylation sites (N-methyl/N-ethyl adjacent to an activating group) is 1. The summed E-state index contributed by atoms with van der Waals surface area (Å²) in [6, 6.07) is 7.95. The summed E-state index contributed by atoms with van der Waals surface area (Å²) in [6.45, 7) is 7.51. The predicted molar refractivity (Wildman–Crippen MR) is 93.3 cm³/mol. The second-order valence-electron chi connectivity index (χ2n) is 6.55. The van der Waals surface area contributed by atoms with Gasteiger partial charge in [-0.05, 0) is 31.9 Å². The first-order chi connectivity index (χ1) is 11.1. The highest BCUT2D eigenvalue weighted by atomic mass is 16.3. The van der Waals surface area contributed by atoms with Gasteiger partial charge in [-0.15, -0.1) is 0 Å². The van der Waals surface area contributed by atoms with E-state index in [0.717, 1.165) is 38.0 Å². The van der Waals surface area contributed by atoms with Crippen molar-refractivity contribution in [3.63, 3.8) is 0 Å². The summed E-state index contributed by atoms with van der Waals surface area (Å²) in [5.74, 6) is 0.199. The molecule has 0 radical (unpaired) electrons. The van der Waals surface area contributed by atoms with Crippen LogP contribution in [0.4, 0.5) is 0 Å². The van der Waals surface area contributed by atoms with Gasteiger partial charge in [0, 0.05) is 19.6 Å². The van der Waals surface area contributed by atoms with Crippen LogP contribution in [0.25, 0.3) is 0 Å². The Morgan fingerprint density at radius 3 is 2.35 bits per heavy atom. The summed E-state index contributed by atoms with van der Waals surface area (Å²) in [4.78, 5) is 16.5. The zero-order chi connectivity index (χ0) is 16.7. The quantitative estimate of drug-likeness (QED) is 0.877. The average Bonchev–Trinajstić information content (AvgIpc) is 2.84. The van der Waals surface area contributed by atoms with Gasteiger partial charge in [0.05, 0.1) is 12.6 Å². The Labute approximate surface area is 140 Å².